The molecule has 3 nitrogen and oxygen atoms in total. The molecule has 0 spiro atoms. The van der Waals surface area contributed by atoms with Crippen molar-refractivity contribution in [3.05, 3.63) is 0 Å². The van der Waals surface area contributed by atoms with E-state index in [0.717, 1.165) is 12.8 Å². The van der Waals surface area contributed by atoms with E-state index in [1.54, 1.807) is 0 Å². The molecule has 0 N–H and O–H groups in total. The van der Waals surface area contributed by atoms with Gasteiger partial charge in [-0.05, 0) is 18.8 Å². The molecule has 0 unspecified atom stereocenters. The maximum absolute atomic E-state index is 11.0. The summed E-state index contributed by atoms with van der Waals surface area (Å²) in [6, 6.07) is 0. The molecule has 0 heterocycles. The first-order valence-electron chi connectivity index (χ1n) is 4.34. The smallest absolute Gasteiger partial charge is 0.316 e. The van der Waals surface area contributed by atoms with E-state index in [1.165, 1.54) is 0 Å². The Balaban J connectivity index is 2.20. The molecule has 1 fully saturated rings. The van der Waals surface area contributed by atoms with Gasteiger partial charge in [0.2, 0.25) is 0 Å². The molecule has 1 saturated carbocycles. The van der Waals surface area contributed by atoms with E-state index >= 15 is 0 Å². The van der Waals surface area contributed by atoms with Gasteiger partial charge in [-0.3, -0.25) is 9.59 Å². The van der Waals surface area contributed by atoms with E-state index < -0.39 is 0 Å². The van der Waals surface area contributed by atoms with Crippen molar-refractivity contribution in [1.29, 1.82) is 0 Å². The van der Waals surface area contributed by atoms with Crippen LogP contribution in [0.1, 0.15) is 33.1 Å². The van der Waals surface area contributed by atoms with Crippen LogP contribution in [0.25, 0.3) is 0 Å². The zero-order valence-electron chi connectivity index (χ0n) is 7.50. The summed E-state index contributed by atoms with van der Waals surface area (Å²) < 4.78 is 4.61. The lowest BCUT2D eigenvalue weighted by Gasteiger charge is -2.03. The fraction of sp³-hybridized carbons (Fsp3) is 0.778. The molecule has 0 aliphatic heterocycles. The standard InChI is InChI=1S/C9H14O3/c1-6(2)5-8(10)12-9(11)7-3-4-7/h6-7H,3-5H2,1-2H3. The Kier molecular flexibility index (Phi) is 2.84. The van der Waals surface area contributed by atoms with Crippen LogP contribution in [0.2, 0.25) is 0 Å². The molecule has 1 aliphatic carbocycles. The van der Waals surface area contributed by atoms with Gasteiger partial charge in [-0.25, -0.2) is 0 Å². The molecular weight excluding hydrogens is 156 g/mol. The minimum absolute atomic E-state index is 0.0149. The van der Waals surface area contributed by atoms with Crippen LogP contribution in [0.3, 0.4) is 0 Å². The van der Waals surface area contributed by atoms with Crippen molar-refractivity contribution in [2.24, 2.45) is 11.8 Å². The zero-order valence-corrected chi connectivity index (χ0v) is 7.50. The molecule has 0 atom stereocenters. The van der Waals surface area contributed by atoms with Gasteiger partial charge in [-0.2, -0.15) is 0 Å². The van der Waals surface area contributed by atoms with Crippen LogP contribution in [0.4, 0.5) is 0 Å². The highest BCUT2D eigenvalue weighted by Gasteiger charge is 2.32. The van der Waals surface area contributed by atoms with Crippen molar-refractivity contribution < 1.29 is 14.3 Å². The van der Waals surface area contributed by atoms with Crippen LogP contribution in [0.15, 0.2) is 0 Å². The summed E-state index contributed by atoms with van der Waals surface area (Å²) in [5.74, 6) is -0.451. The normalized spacial score (nSPS) is 16.2. The summed E-state index contributed by atoms with van der Waals surface area (Å²) >= 11 is 0. The number of carbonyl (C=O) groups excluding carboxylic acids is 2. The first kappa shape index (κ1) is 9.23. The van der Waals surface area contributed by atoms with E-state index in [-0.39, 0.29) is 23.8 Å². The van der Waals surface area contributed by atoms with Crippen molar-refractivity contribution in [2.75, 3.05) is 0 Å². The number of hydrogen-bond donors (Lipinski definition) is 0. The van der Waals surface area contributed by atoms with Crippen molar-refractivity contribution >= 4 is 11.9 Å². The van der Waals surface area contributed by atoms with Gasteiger partial charge in [0.25, 0.3) is 0 Å². The third-order valence-corrected chi connectivity index (χ3v) is 1.70. The Bertz CT molecular complexity index is 192. The Morgan fingerprint density at radius 1 is 1.42 bits per heavy atom. The average molecular weight is 170 g/mol. The highest BCUT2D eigenvalue weighted by Crippen LogP contribution is 2.30. The van der Waals surface area contributed by atoms with Gasteiger partial charge in [0.1, 0.15) is 0 Å². The number of rotatable bonds is 3. The van der Waals surface area contributed by atoms with E-state index in [1.807, 2.05) is 13.8 Å². The van der Waals surface area contributed by atoms with Crippen LogP contribution in [-0.2, 0) is 14.3 Å². The molecule has 0 bridgehead atoms. The van der Waals surface area contributed by atoms with Gasteiger partial charge in [-0.15, -0.1) is 0 Å². The molecule has 3 heteroatoms. The summed E-state index contributed by atoms with van der Waals surface area (Å²) in [5.41, 5.74) is 0. The molecular formula is C9H14O3. The molecule has 0 radical (unpaired) electrons. The minimum Gasteiger partial charge on any atom is -0.393 e. The molecule has 12 heavy (non-hydrogen) atoms. The van der Waals surface area contributed by atoms with E-state index in [9.17, 15) is 9.59 Å². The second-order valence-corrected chi connectivity index (χ2v) is 3.67. The predicted octanol–water partition coefficient (Wildman–Crippen LogP) is 1.51. The van der Waals surface area contributed by atoms with E-state index in [4.69, 9.17) is 0 Å². The largest absolute Gasteiger partial charge is 0.393 e. The van der Waals surface area contributed by atoms with E-state index in [0.29, 0.717) is 6.42 Å². The van der Waals surface area contributed by atoms with Gasteiger partial charge in [0.05, 0.1) is 5.92 Å². The summed E-state index contributed by atoms with van der Waals surface area (Å²) in [5, 5.41) is 0. The highest BCUT2D eigenvalue weighted by atomic mass is 16.6. The number of carbonyl (C=O) groups is 2. The summed E-state index contributed by atoms with van der Waals surface area (Å²) in [4.78, 5) is 21.9. The third kappa shape index (κ3) is 3.03. The van der Waals surface area contributed by atoms with Crippen LogP contribution in [0.5, 0.6) is 0 Å². The van der Waals surface area contributed by atoms with Crippen LogP contribution < -0.4 is 0 Å². The Morgan fingerprint density at radius 2 is 2.00 bits per heavy atom. The highest BCUT2D eigenvalue weighted by molar-refractivity contribution is 5.87. The van der Waals surface area contributed by atoms with Gasteiger partial charge in [-0.1, -0.05) is 13.8 Å². The SMILES string of the molecule is CC(C)CC(=O)OC(=O)C1CC1. The molecule has 0 aromatic heterocycles. The molecule has 0 aromatic rings. The van der Waals surface area contributed by atoms with Crippen molar-refractivity contribution in [3.8, 4) is 0 Å². The quantitative estimate of drug-likeness (QED) is 0.476. The lowest BCUT2D eigenvalue weighted by molar-refractivity contribution is -0.161. The maximum Gasteiger partial charge on any atom is 0.316 e. The lowest BCUT2D eigenvalue weighted by atomic mass is 10.1. The predicted molar refractivity (Wildman–Crippen MR) is 43.3 cm³/mol. The minimum atomic E-state index is -0.387. The van der Waals surface area contributed by atoms with E-state index in [2.05, 4.69) is 4.74 Å². The maximum atomic E-state index is 11.0. The van der Waals surface area contributed by atoms with Crippen molar-refractivity contribution in [1.82, 2.24) is 0 Å². The lowest BCUT2D eigenvalue weighted by Crippen LogP contribution is -2.15. The molecule has 0 aromatic carbocycles. The summed E-state index contributed by atoms with van der Waals surface area (Å²) in [6.07, 6.45) is 2.10. The van der Waals surface area contributed by atoms with Crippen LogP contribution >= 0.6 is 0 Å². The van der Waals surface area contributed by atoms with Gasteiger partial charge >= 0.3 is 11.9 Å². The average Bonchev–Trinajstić information content (AvgIpc) is 2.63. The zero-order chi connectivity index (χ0) is 9.14. The Labute approximate surface area is 72.1 Å². The number of hydrogen-bond acceptors (Lipinski definition) is 3. The number of esters is 2. The van der Waals surface area contributed by atoms with Crippen molar-refractivity contribution in [3.63, 3.8) is 0 Å². The summed E-state index contributed by atoms with van der Waals surface area (Å²) in [6.45, 7) is 3.84. The van der Waals surface area contributed by atoms with Gasteiger partial charge < -0.3 is 4.74 Å². The monoisotopic (exact) mass is 170 g/mol. The topological polar surface area (TPSA) is 43.4 Å². The molecule has 1 rings (SSSR count). The summed E-state index contributed by atoms with van der Waals surface area (Å²) in [7, 11) is 0. The first-order valence-corrected chi connectivity index (χ1v) is 4.34. The van der Waals surface area contributed by atoms with Crippen molar-refractivity contribution in [2.45, 2.75) is 33.1 Å². The fourth-order valence-corrected chi connectivity index (χ4v) is 0.890. The molecule has 68 valence electrons. The Morgan fingerprint density at radius 3 is 2.42 bits per heavy atom. The first-order chi connectivity index (χ1) is 5.59. The second-order valence-electron chi connectivity index (χ2n) is 3.67. The molecule has 1 aliphatic rings. The molecule has 0 amide bonds. The number of ether oxygens (including phenoxy) is 1. The Hall–Kier alpha value is -0.860. The molecule has 0 saturated heterocycles. The van der Waals surface area contributed by atoms with Crippen LogP contribution in [0, 0.1) is 11.8 Å². The van der Waals surface area contributed by atoms with Gasteiger partial charge in [0.15, 0.2) is 0 Å². The third-order valence-electron chi connectivity index (χ3n) is 1.70. The fourth-order valence-electron chi connectivity index (χ4n) is 0.890. The second kappa shape index (κ2) is 3.70. The van der Waals surface area contributed by atoms with Crippen LogP contribution in [-0.4, -0.2) is 11.9 Å². The van der Waals surface area contributed by atoms with Gasteiger partial charge in [0, 0.05) is 6.42 Å².